The highest BCUT2D eigenvalue weighted by molar-refractivity contribution is 9.10. The Morgan fingerprint density at radius 1 is 1.15 bits per heavy atom. The van der Waals surface area contributed by atoms with Crippen LogP contribution >= 0.6 is 15.9 Å². The molecular weight excluding hydrogens is 320 g/mol. The summed E-state index contributed by atoms with van der Waals surface area (Å²) >= 11 is 3.40. The highest BCUT2D eigenvalue weighted by Gasteiger charge is 2.11. The Labute approximate surface area is 127 Å². The Hall–Kier alpha value is -1.52. The van der Waals surface area contributed by atoms with Crippen molar-refractivity contribution < 1.29 is 14.6 Å². The number of hydrogen-bond acceptors (Lipinski definition) is 3. The number of hydrogen-bond donors (Lipinski definition) is 1. The van der Waals surface area contributed by atoms with E-state index in [1.54, 1.807) is 14.0 Å². The summed E-state index contributed by atoms with van der Waals surface area (Å²) in [7, 11) is 1.64. The van der Waals surface area contributed by atoms with Gasteiger partial charge in [-0.1, -0.05) is 34.1 Å². The molecule has 0 saturated carbocycles. The number of benzene rings is 2. The molecule has 0 fully saturated rings. The van der Waals surface area contributed by atoms with Gasteiger partial charge < -0.3 is 14.6 Å². The summed E-state index contributed by atoms with van der Waals surface area (Å²) in [5, 5.41) is 9.80. The van der Waals surface area contributed by atoms with Crippen molar-refractivity contribution in [3.05, 3.63) is 58.1 Å². The minimum atomic E-state index is -0.583. The van der Waals surface area contributed by atoms with Gasteiger partial charge in [0.25, 0.3) is 0 Å². The predicted octanol–water partition coefficient (Wildman–Crippen LogP) is 4.09. The van der Waals surface area contributed by atoms with Crippen molar-refractivity contribution in [1.29, 1.82) is 0 Å². The molecule has 0 aliphatic carbocycles. The number of rotatable bonds is 5. The van der Waals surface area contributed by atoms with Crippen molar-refractivity contribution in [1.82, 2.24) is 0 Å². The molecule has 0 aromatic heterocycles. The first-order valence-corrected chi connectivity index (χ1v) is 7.13. The van der Waals surface area contributed by atoms with E-state index in [-0.39, 0.29) is 0 Å². The number of aliphatic hydroxyl groups excluding tert-OH is 1. The Balaban J connectivity index is 2.19. The summed E-state index contributed by atoms with van der Waals surface area (Å²) in [5.74, 6) is 1.47. The normalized spacial score (nSPS) is 12.0. The average molecular weight is 337 g/mol. The first kappa shape index (κ1) is 14.9. The van der Waals surface area contributed by atoms with Crippen molar-refractivity contribution in [3.8, 4) is 11.5 Å². The number of methoxy groups -OCH3 is 1. The molecule has 2 aromatic rings. The third-order valence-corrected chi connectivity index (χ3v) is 3.49. The van der Waals surface area contributed by atoms with Gasteiger partial charge in [-0.05, 0) is 31.2 Å². The molecule has 106 valence electrons. The van der Waals surface area contributed by atoms with E-state index in [4.69, 9.17) is 9.47 Å². The van der Waals surface area contributed by atoms with Crippen LogP contribution in [0.15, 0.2) is 46.9 Å². The molecule has 1 atom stereocenters. The van der Waals surface area contributed by atoms with Crippen LogP contribution in [0.4, 0.5) is 0 Å². The van der Waals surface area contributed by atoms with Crippen LogP contribution < -0.4 is 9.47 Å². The lowest BCUT2D eigenvalue weighted by molar-refractivity contribution is 0.189. The third kappa shape index (κ3) is 3.52. The van der Waals surface area contributed by atoms with Crippen LogP contribution in [0.5, 0.6) is 11.5 Å². The number of ether oxygens (including phenoxy) is 2. The van der Waals surface area contributed by atoms with E-state index >= 15 is 0 Å². The number of halogens is 1. The second kappa shape index (κ2) is 6.77. The summed E-state index contributed by atoms with van der Waals surface area (Å²) in [4.78, 5) is 0. The van der Waals surface area contributed by atoms with Gasteiger partial charge in [-0.25, -0.2) is 0 Å². The zero-order valence-electron chi connectivity index (χ0n) is 11.5. The Kier molecular flexibility index (Phi) is 5.04. The molecule has 0 aliphatic rings. The minimum absolute atomic E-state index is 0.394. The van der Waals surface area contributed by atoms with Gasteiger partial charge in [-0.3, -0.25) is 0 Å². The molecule has 20 heavy (non-hydrogen) atoms. The lowest BCUT2D eigenvalue weighted by atomic mass is 10.1. The molecule has 2 aromatic carbocycles. The molecule has 0 heterocycles. The lowest BCUT2D eigenvalue weighted by Crippen LogP contribution is -2.02. The van der Waals surface area contributed by atoms with E-state index in [0.29, 0.717) is 12.4 Å². The highest BCUT2D eigenvalue weighted by Crippen LogP contribution is 2.30. The van der Waals surface area contributed by atoms with Crippen molar-refractivity contribution in [2.45, 2.75) is 19.6 Å². The van der Waals surface area contributed by atoms with Gasteiger partial charge in [0.15, 0.2) is 0 Å². The van der Waals surface area contributed by atoms with Gasteiger partial charge >= 0.3 is 0 Å². The second-order valence-corrected chi connectivity index (χ2v) is 5.37. The average Bonchev–Trinajstić information content (AvgIpc) is 2.46. The van der Waals surface area contributed by atoms with E-state index in [1.165, 1.54) is 0 Å². The molecule has 0 spiro atoms. The summed E-state index contributed by atoms with van der Waals surface area (Å²) in [6.45, 7) is 2.11. The van der Waals surface area contributed by atoms with Crippen molar-refractivity contribution in [3.63, 3.8) is 0 Å². The van der Waals surface area contributed by atoms with E-state index in [9.17, 15) is 5.11 Å². The van der Waals surface area contributed by atoms with Crippen LogP contribution in [0.25, 0.3) is 0 Å². The Morgan fingerprint density at radius 2 is 1.90 bits per heavy atom. The summed E-state index contributed by atoms with van der Waals surface area (Å²) < 4.78 is 12.0. The van der Waals surface area contributed by atoms with E-state index in [2.05, 4.69) is 15.9 Å². The molecule has 2 rings (SSSR count). The highest BCUT2D eigenvalue weighted by atomic mass is 79.9. The Bertz CT molecular complexity index is 582. The molecule has 0 aliphatic heterocycles. The summed E-state index contributed by atoms with van der Waals surface area (Å²) in [5.41, 5.74) is 1.73. The maximum absolute atomic E-state index is 9.80. The number of para-hydroxylation sites is 1. The van der Waals surface area contributed by atoms with Crippen molar-refractivity contribution in [2.24, 2.45) is 0 Å². The van der Waals surface area contributed by atoms with Crippen LogP contribution in [0.3, 0.4) is 0 Å². The smallest absolute Gasteiger partial charge is 0.125 e. The molecule has 0 bridgehead atoms. The van der Waals surface area contributed by atoms with Gasteiger partial charge in [0, 0.05) is 15.6 Å². The fraction of sp³-hybridized carbons (Fsp3) is 0.250. The zero-order valence-corrected chi connectivity index (χ0v) is 13.1. The SMILES string of the molecule is COc1ccccc1COc1ccc(Br)cc1[C@@H](C)O. The van der Waals surface area contributed by atoms with Crippen LogP contribution in [0.1, 0.15) is 24.2 Å². The maximum Gasteiger partial charge on any atom is 0.125 e. The molecule has 4 heteroatoms. The van der Waals surface area contributed by atoms with Crippen LogP contribution in [-0.2, 0) is 6.61 Å². The first-order valence-electron chi connectivity index (χ1n) is 6.34. The summed E-state index contributed by atoms with van der Waals surface area (Å²) in [6, 6.07) is 13.3. The zero-order chi connectivity index (χ0) is 14.5. The number of aliphatic hydroxyl groups is 1. The van der Waals surface area contributed by atoms with E-state index < -0.39 is 6.10 Å². The van der Waals surface area contributed by atoms with E-state index in [1.807, 2.05) is 42.5 Å². The molecule has 0 unspecified atom stereocenters. The largest absolute Gasteiger partial charge is 0.496 e. The molecule has 0 amide bonds. The van der Waals surface area contributed by atoms with Crippen LogP contribution in [0, 0.1) is 0 Å². The lowest BCUT2D eigenvalue weighted by Gasteiger charge is -2.15. The molecular formula is C16H17BrO3. The molecule has 3 nitrogen and oxygen atoms in total. The van der Waals surface area contributed by atoms with Gasteiger partial charge in [-0.2, -0.15) is 0 Å². The standard InChI is InChI=1S/C16H17BrO3/c1-11(18)14-9-13(17)7-8-16(14)20-10-12-5-3-4-6-15(12)19-2/h3-9,11,18H,10H2,1-2H3/t11-/m1/s1. The topological polar surface area (TPSA) is 38.7 Å². The van der Waals surface area contributed by atoms with E-state index in [0.717, 1.165) is 21.3 Å². The monoisotopic (exact) mass is 336 g/mol. The van der Waals surface area contributed by atoms with Crippen molar-refractivity contribution >= 4 is 15.9 Å². The Morgan fingerprint density at radius 3 is 2.60 bits per heavy atom. The molecule has 0 saturated heterocycles. The maximum atomic E-state index is 9.80. The fourth-order valence-corrected chi connectivity index (χ4v) is 2.33. The summed E-state index contributed by atoms with van der Waals surface area (Å²) in [6.07, 6.45) is -0.583. The van der Waals surface area contributed by atoms with Crippen molar-refractivity contribution in [2.75, 3.05) is 7.11 Å². The molecule has 0 radical (unpaired) electrons. The molecule has 1 N–H and O–H groups in total. The van der Waals surface area contributed by atoms with Crippen LogP contribution in [0.2, 0.25) is 0 Å². The van der Waals surface area contributed by atoms with Crippen LogP contribution in [-0.4, -0.2) is 12.2 Å². The minimum Gasteiger partial charge on any atom is -0.496 e. The van der Waals surface area contributed by atoms with Gasteiger partial charge in [-0.15, -0.1) is 0 Å². The van der Waals surface area contributed by atoms with Gasteiger partial charge in [0.05, 0.1) is 13.2 Å². The van der Waals surface area contributed by atoms with Gasteiger partial charge in [0.2, 0.25) is 0 Å². The first-order chi connectivity index (χ1) is 9.61. The van der Waals surface area contributed by atoms with Gasteiger partial charge in [0.1, 0.15) is 18.1 Å². The predicted molar refractivity (Wildman–Crippen MR) is 82.1 cm³/mol. The second-order valence-electron chi connectivity index (χ2n) is 4.46. The third-order valence-electron chi connectivity index (χ3n) is 3.00. The quantitative estimate of drug-likeness (QED) is 0.893. The fourth-order valence-electron chi connectivity index (χ4n) is 1.95.